The van der Waals surface area contributed by atoms with Gasteiger partial charge < -0.3 is 43.7 Å². The Hall–Kier alpha value is -3.19. The van der Waals surface area contributed by atoms with E-state index < -0.39 is 42.6 Å². The van der Waals surface area contributed by atoms with E-state index in [0.717, 1.165) is 12.7 Å². The number of ether oxygens (including phenoxy) is 6. The molecule has 0 spiro atoms. The van der Waals surface area contributed by atoms with Gasteiger partial charge >= 0.3 is 17.9 Å². The van der Waals surface area contributed by atoms with Crippen LogP contribution in [0.25, 0.3) is 0 Å². The fourth-order valence-corrected chi connectivity index (χ4v) is 4.29. The Morgan fingerprint density at radius 1 is 1.03 bits per heavy atom. The maximum absolute atomic E-state index is 12.7. The second kappa shape index (κ2) is 11.9. The van der Waals surface area contributed by atoms with E-state index in [2.05, 4.69) is 9.47 Å². The fourth-order valence-electron chi connectivity index (χ4n) is 4.29. The molecule has 2 aliphatic heterocycles. The third-order valence-electron chi connectivity index (χ3n) is 6.47. The van der Waals surface area contributed by atoms with E-state index in [-0.39, 0.29) is 36.7 Å². The lowest BCUT2D eigenvalue weighted by atomic mass is 9.94. The Kier molecular flexibility index (Phi) is 9.13. The van der Waals surface area contributed by atoms with E-state index in [1.807, 2.05) is 13.0 Å². The molecule has 0 aliphatic carbocycles. The van der Waals surface area contributed by atoms with Crippen molar-refractivity contribution in [3.05, 3.63) is 33.9 Å². The second-order valence-corrected chi connectivity index (χ2v) is 8.76. The van der Waals surface area contributed by atoms with Crippen LogP contribution in [0.3, 0.4) is 0 Å². The standard InChI is InChI=1S/C25H32O12/c1-11(7-9-15(26)32-3)6-8-13-20(33-4)12(2)14-10-35-23(30)16(14)21(13)36-25-19(29)17(27)18(28)22(37-25)24(31)34-5/h6,17-19,22,25,27-29H,7-10H2,1-5H3/b11-6+. The third-order valence-corrected chi connectivity index (χ3v) is 6.47. The number of hydrogen-bond donors (Lipinski definition) is 3. The van der Waals surface area contributed by atoms with Gasteiger partial charge in [-0.25, -0.2) is 9.59 Å². The molecule has 2 aliphatic rings. The first-order chi connectivity index (χ1) is 17.5. The van der Waals surface area contributed by atoms with Gasteiger partial charge in [-0.2, -0.15) is 0 Å². The first-order valence-electron chi connectivity index (χ1n) is 11.6. The van der Waals surface area contributed by atoms with Gasteiger partial charge in [0.05, 0.1) is 21.3 Å². The van der Waals surface area contributed by atoms with Gasteiger partial charge in [-0.15, -0.1) is 0 Å². The predicted molar refractivity (Wildman–Crippen MR) is 125 cm³/mol. The molecular formula is C25H32O12. The number of fused-ring (bicyclic) bond motifs is 1. The molecule has 2 heterocycles. The highest BCUT2D eigenvalue weighted by atomic mass is 16.7. The zero-order valence-electron chi connectivity index (χ0n) is 21.3. The number of aliphatic hydroxyl groups excluding tert-OH is 3. The van der Waals surface area contributed by atoms with Crippen molar-refractivity contribution < 1.29 is 58.1 Å². The van der Waals surface area contributed by atoms with Crippen molar-refractivity contribution in [3.8, 4) is 11.5 Å². The van der Waals surface area contributed by atoms with E-state index in [9.17, 15) is 29.7 Å². The molecule has 0 amide bonds. The Labute approximate surface area is 213 Å². The number of aliphatic hydroxyl groups is 3. The number of allylic oxidation sites excluding steroid dienone is 2. The molecule has 3 rings (SSSR count). The van der Waals surface area contributed by atoms with E-state index in [4.69, 9.17) is 18.9 Å². The van der Waals surface area contributed by atoms with Gasteiger partial charge in [-0.3, -0.25) is 4.79 Å². The summed E-state index contributed by atoms with van der Waals surface area (Å²) in [5.41, 5.74) is 2.54. The summed E-state index contributed by atoms with van der Waals surface area (Å²) in [7, 11) is 3.84. The Morgan fingerprint density at radius 3 is 2.35 bits per heavy atom. The number of cyclic esters (lactones) is 1. The van der Waals surface area contributed by atoms with Crippen molar-refractivity contribution in [1.29, 1.82) is 0 Å². The van der Waals surface area contributed by atoms with Crippen LogP contribution in [0.5, 0.6) is 11.5 Å². The highest BCUT2D eigenvalue weighted by Crippen LogP contribution is 2.44. The summed E-state index contributed by atoms with van der Waals surface area (Å²) in [6, 6.07) is 0. The van der Waals surface area contributed by atoms with Crippen LogP contribution in [0.15, 0.2) is 11.6 Å². The van der Waals surface area contributed by atoms with Crippen LogP contribution in [0.4, 0.5) is 0 Å². The number of hydrogen-bond acceptors (Lipinski definition) is 12. The van der Waals surface area contributed by atoms with E-state index in [0.29, 0.717) is 28.9 Å². The van der Waals surface area contributed by atoms with Gasteiger partial charge in [0.1, 0.15) is 42.0 Å². The Morgan fingerprint density at radius 2 is 1.73 bits per heavy atom. The molecule has 12 heteroatoms. The van der Waals surface area contributed by atoms with Gasteiger partial charge in [0.25, 0.3) is 0 Å². The summed E-state index contributed by atoms with van der Waals surface area (Å²) in [4.78, 5) is 36.3. The quantitative estimate of drug-likeness (QED) is 0.232. The van der Waals surface area contributed by atoms with Gasteiger partial charge in [-0.05, 0) is 32.3 Å². The van der Waals surface area contributed by atoms with Crippen molar-refractivity contribution in [2.24, 2.45) is 0 Å². The third kappa shape index (κ3) is 5.72. The topological polar surface area (TPSA) is 167 Å². The maximum Gasteiger partial charge on any atom is 0.342 e. The highest BCUT2D eigenvalue weighted by molar-refractivity contribution is 5.98. The summed E-state index contributed by atoms with van der Waals surface area (Å²) in [5, 5.41) is 31.1. The summed E-state index contributed by atoms with van der Waals surface area (Å²) in [6.45, 7) is 3.57. The SMILES string of the molecule is COC(=O)CC/C(C)=C/Cc1c(OC)c(C)c2c(c1OC1OC(C(=O)OC)C(O)C(O)C1O)C(=O)OC2. The van der Waals surface area contributed by atoms with Gasteiger partial charge in [-0.1, -0.05) is 11.6 Å². The smallest absolute Gasteiger partial charge is 0.342 e. The minimum Gasteiger partial charge on any atom is -0.496 e. The van der Waals surface area contributed by atoms with Crippen molar-refractivity contribution in [2.45, 2.75) is 70.4 Å². The average molecular weight is 525 g/mol. The maximum atomic E-state index is 12.7. The molecule has 5 atom stereocenters. The number of methoxy groups -OCH3 is 3. The number of benzene rings is 1. The van der Waals surface area contributed by atoms with Crippen LogP contribution in [-0.4, -0.2) is 85.3 Å². The summed E-state index contributed by atoms with van der Waals surface area (Å²) < 4.78 is 31.6. The van der Waals surface area contributed by atoms with Crippen LogP contribution in [-0.2, 0) is 41.6 Å². The lowest BCUT2D eigenvalue weighted by molar-refractivity contribution is -0.272. The lowest BCUT2D eigenvalue weighted by Crippen LogP contribution is -2.61. The van der Waals surface area contributed by atoms with Crippen LogP contribution in [0, 0.1) is 6.92 Å². The van der Waals surface area contributed by atoms with E-state index in [1.165, 1.54) is 14.2 Å². The molecule has 204 valence electrons. The first-order valence-corrected chi connectivity index (χ1v) is 11.6. The van der Waals surface area contributed by atoms with Gasteiger partial charge in [0.2, 0.25) is 6.29 Å². The van der Waals surface area contributed by atoms with Crippen molar-refractivity contribution in [2.75, 3.05) is 21.3 Å². The molecule has 5 unspecified atom stereocenters. The number of rotatable bonds is 9. The molecule has 1 aromatic carbocycles. The predicted octanol–water partition coefficient (Wildman–Crippen LogP) is 0.475. The van der Waals surface area contributed by atoms with Crippen molar-refractivity contribution >= 4 is 17.9 Å². The summed E-state index contributed by atoms with van der Waals surface area (Å²) in [6.07, 6.45) is -6.01. The number of carbonyl (C=O) groups is 3. The minimum absolute atomic E-state index is 0.0202. The van der Waals surface area contributed by atoms with E-state index >= 15 is 0 Å². The van der Waals surface area contributed by atoms with Gasteiger partial charge in [0, 0.05) is 17.5 Å². The first kappa shape index (κ1) is 28.4. The van der Waals surface area contributed by atoms with E-state index in [1.54, 1.807) is 6.92 Å². The molecule has 3 N–H and O–H groups in total. The molecule has 12 nitrogen and oxygen atoms in total. The monoisotopic (exact) mass is 524 g/mol. The van der Waals surface area contributed by atoms with Crippen LogP contribution >= 0.6 is 0 Å². The minimum atomic E-state index is -1.81. The molecule has 37 heavy (non-hydrogen) atoms. The zero-order chi connectivity index (χ0) is 27.4. The van der Waals surface area contributed by atoms with Crippen LogP contribution < -0.4 is 9.47 Å². The molecule has 0 aromatic heterocycles. The fraction of sp³-hybridized carbons (Fsp3) is 0.560. The molecule has 1 fully saturated rings. The molecule has 1 aromatic rings. The normalized spacial score (nSPS) is 25.2. The zero-order valence-corrected chi connectivity index (χ0v) is 21.3. The lowest BCUT2D eigenvalue weighted by Gasteiger charge is -2.39. The largest absolute Gasteiger partial charge is 0.496 e. The molecule has 0 saturated carbocycles. The molecule has 0 bridgehead atoms. The Balaban J connectivity index is 2.05. The average Bonchev–Trinajstić information content (AvgIpc) is 3.28. The Bertz CT molecular complexity index is 1080. The van der Waals surface area contributed by atoms with Crippen molar-refractivity contribution in [3.63, 3.8) is 0 Å². The molecular weight excluding hydrogens is 492 g/mol. The van der Waals surface area contributed by atoms with Crippen LogP contribution in [0.1, 0.15) is 46.8 Å². The summed E-state index contributed by atoms with van der Waals surface area (Å²) in [5.74, 6) is -1.62. The van der Waals surface area contributed by atoms with Crippen molar-refractivity contribution in [1.82, 2.24) is 0 Å². The molecule has 1 saturated heterocycles. The van der Waals surface area contributed by atoms with Crippen LogP contribution in [0.2, 0.25) is 0 Å². The summed E-state index contributed by atoms with van der Waals surface area (Å²) >= 11 is 0. The van der Waals surface area contributed by atoms with Gasteiger partial charge in [0.15, 0.2) is 6.10 Å². The molecule has 0 radical (unpaired) electrons. The highest BCUT2D eigenvalue weighted by Gasteiger charge is 2.49. The number of carbonyl (C=O) groups excluding carboxylic acids is 3. The number of esters is 3. The second-order valence-electron chi connectivity index (χ2n) is 8.76.